The van der Waals surface area contributed by atoms with E-state index < -0.39 is 0 Å². The molecule has 4 aromatic heterocycles. The molecule has 14 aromatic rings. The van der Waals surface area contributed by atoms with Gasteiger partial charge in [0.25, 0.3) is 0 Å². The fraction of sp³-hybridized carbons (Fsp3) is 0. The van der Waals surface area contributed by atoms with Crippen molar-refractivity contribution in [1.29, 1.82) is 0 Å². The summed E-state index contributed by atoms with van der Waals surface area (Å²) in [5, 5.41) is 6.88. The highest BCUT2D eigenvalue weighted by atomic mass is 16.3. The van der Waals surface area contributed by atoms with Crippen LogP contribution in [0.25, 0.3) is 133 Å². The van der Waals surface area contributed by atoms with Gasteiger partial charge in [0.2, 0.25) is 0 Å². The van der Waals surface area contributed by atoms with Crippen LogP contribution >= 0.6 is 0 Å². The Hall–Kier alpha value is -9.39. The summed E-state index contributed by atoms with van der Waals surface area (Å²) in [6.07, 6.45) is 0. The second kappa shape index (κ2) is 15.6. The first kappa shape index (κ1) is 38.8. The third-order valence-electron chi connectivity index (χ3n) is 13.5. The van der Waals surface area contributed by atoms with Gasteiger partial charge in [0.1, 0.15) is 11.2 Å². The van der Waals surface area contributed by atoms with E-state index in [0.29, 0.717) is 17.5 Å². The zero-order valence-electron chi connectivity index (χ0n) is 37.2. The third-order valence-corrected chi connectivity index (χ3v) is 13.5. The van der Waals surface area contributed by atoms with Gasteiger partial charge in [-0.3, -0.25) is 0 Å². The highest BCUT2D eigenvalue weighted by Gasteiger charge is 2.25. The lowest BCUT2D eigenvalue weighted by Crippen LogP contribution is -2.04. The molecule has 0 aliphatic carbocycles. The Morgan fingerprint density at radius 3 is 1.33 bits per heavy atom. The zero-order valence-corrected chi connectivity index (χ0v) is 37.2. The molecule has 0 saturated heterocycles. The number of aromatic nitrogens is 5. The van der Waals surface area contributed by atoms with Gasteiger partial charge in [0, 0.05) is 65.8 Å². The number of fused-ring (bicyclic) bond motifs is 9. The minimum Gasteiger partial charge on any atom is -0.456 e. The number of para-hydroxylation sites is 4. The second-order valence-electron chi connectivity index (χ2n) is 17.6. The lowest BCUT2D eigenvalue weighted by Gasteiger charge is -2.21. The number of benzene rings is 10. The lowest BCUT2D eigenvalue weighted by molar-refractivity contribution is 0.669. The molecule has 0 unspecified atom stereocenters. The summed E-state index contributed by atoms with van der Waals surface area (Å²) < 4.78 is 11.3. The summed E-state index contributed by atoms with van der Waals surface area (Å²) in [5.41, 5.74) is 15.3. The molecule has 0 aliphatic rings. The minimum absolute atomic E-state index is 0.564. The monoisotopic (exact) mass is 881 g/mol. The molecule has 322 valence electrons. The van der Waals surface area contributed by atoms with Crippen molar-refractivity contribution in [2.75, 3.05) is 0 Å². The van der Waals surface area contributed by atoms with E-state index in [-0.39, 0.29) is 0 Å². The van der Waals surface area contributed by atoms with Gasteiger partial charge in [0.15, 0.2) is 17.5 Å². The predicted molar refractivity (Wildman–Crippen MR) is 283 cm³/mol. The molecule has 14 rings (SSSR count). The highest BCUT2D eigenvalue weighted by molar-refractivity contribution is 6.19. The summed E-state index contributed by atoms with van der Waals surface area (Å²) in [6, 6.07) is 83.6. The molecule has 0 saturated carbocycles. The first-order chi connectivity index (χ1) is 34.2. The topological polar surface area (TPSA) is 61.7 Å². The molecule has 6 heteroatoms. The number of rotatable bonds is 7. The van der Waals surface area contributed by atoms with Crippen molar-refractivity contribution < 1.29 is 4.42 Å². The van der Waals surface area contributed by atoms with Crippen LogP contribution < -0.4 is 0 Å². The van der Waals surface area contributed by atoms with Gasteiger partial charge in [-0.15, -0.1) is 0 Å². The molecule has 6 nitrogen and oxygen atoms in total. The molecule has 0 amide bonds. The molecule has 4 heterocycles. The summed E-state index contributed by atoms with van der Waals surface area (Å²) in [5.74, 6) is 1.73. The first-order valence-electron chi connectivity index (χ1n) is 23.3. The lowest BCUT2D eigenvalue weighted by atomic mass is 9.92. The molecule has 0 bridgehead atoms. The van der Waals surface area contributed by atoms with Crippen molar-refractivity contribution in [3.05, 3.63) is 237 Å². The van der Waals surface area contributed by atoms with E-state index in [0.717, 1.165) is 83.3 Å². The normalized spacial score (nSPS) is 11.8. The van der Waals surface area contributed by atoms with Crippen molar-refractivity contribution >= 4 is 65.6 Å². The fourth-order valence-corrected chi connectivity index (χ4v) is 10.4. The molecule has 10 aromatic carbocycles. The van der Waals surface area contributed by atoms with Crippen molar-refractivity contribution in [2.24, 2.45) is 0 Å². The average molecular weight is 882 g/mol. The van der Waals surface area contributed by atoms with Crippen LogP contribution in [0.5, 0.6) is 0 Å². The zero-order chi connectivity index (χ0) is 45.4. The maximum absolute atomic E-state index is 6.37. The van der Waals surface area contributed by atoms with E-state index in [1.54, 1.807) is 0 Å². The van der Waals surface area contributed by atoms with Gasteiger partial charge >= 0.3 is 0 Å². The van der Waals surface area contributed by atoms with Crippen LogP contribution in [0.2, 0.25) is 0 Å². The number of furan rings is 1. The van der Waals surface area contributed by atoms with E-state index in [9.17, 15) is 0 Å². The van der Waals surface area contributed by atoms with Gasteiger partial charge in [-0.1, -0.05) is 170 Å². The number of nitrogens with zero attached hydrogens (tertiary/aromatic N) is 5. The molecule has 0 fully saturated rings. The van der Waals surface area contributed by atoms with Crippen molar-refractivity contribution in [1.82, 2.24) is 24.1 Å². The maximum Gasteiger partial charge on any atom is 0.164 e. The highest BCUT2D eigenvalue weighted by Crippen LogP contribution is 2.46. The Bertz CT molecular complexity index is 4230. The van der Waals surface area contributed by atoms with E-state index in [1.165, 1.54) is 32.6 Å². The fourth-order valence-electron chi connectivity index (χ4n) is 10.4. The Morgan fingerprint density at radius 1 is 0.275 bits per heavy atom. The van der Waals surface area contributed by atoms with Crippen LogP contribution in [0.15, 0.2) is 241 Å². The minimum atomic E-state index is 0.564. The molecular formula is C63H39N5O. The molecule has 0 atom stereocenters. The molecular weight excluding hydrogens is 843 g/mol. The Balaban J connectivity index is 1.07. The standard InChI is InChI=1S/C63H39N5O/c1-5-19-40(20-6-1)50-35-44(63-65-61(42-23-9-3-10-24-42)64-62(66-63)43-33-34-49-48-29-15-18-32-58(48)69-59(49)37-43)36-51(41-21-7-2-8-22-41)60(50)68-55-31-17-14-28-47(55)53-38-56-52(39-57(53)68)46-27-13-16-30-54(46)67(56)45-25-11-4-12-26-45/h1-39H. The van der Waals surface area contributed by atoms with E-state index >= 15 is 0 Å². The Labute approximate surface area is 396 Å². The van der Waals surface area contributed by atoms with Crippen LogP contribution in [0.4, 0.5) is 0 Å². The maximum atomic E-state index is 6.37. The van der Waals surface area contributed by atoms with Crippen LogP contribution in [0.3, 0.4) is 0 Å². The predicted octanol–water partition coefficient (Wildman–Crippen LogP) is 16.3. The largest absolute Gasteiger partial charge is 0.456 e. The van der Waals surface area contributed by atoms with Gasteiger partial charge in [-0.05, 0) is 77.9 Å². The Morgan fingerprint density at radius 2 is 0.725 bits per heavy atom. The van der Waals surface area contributed by atoms with E-state index in [4.69, 9.17) is 19.4 Å². The van der Waals surface area contributed by atoms with Crippen molar-refractivity contribution in [2.45, 2.75) is 0 Å². The third kappa shape index (κ3) is 6.30. The second-order valence-corrected chi connectivity index (χ2v) is 17.6. The smallest absolute Gasteiger partial charge is 0.164 e. The SMILES string of the molecule is c1ccc(-c2nc(-c3cc(-c4ccccc4)c(-n4c5ccccc5c5cc6c(cc54)c4ccccc4n6-c4ccccc4)c(-c4ccccc4)c3)nc(-c3ccc4c(c3)oc3ccccc34)n2)cc1. The Kier molecular flexibility index (Phi) is 8.79. The quantitative estimate of drug-likeness (QED) is 0.160. The average Bonchev–Trinajstić information content (AvgIpc) is 4.07. The molecule has 0 aliphatic heterocycles. The molecule has 0 spiro atoms. The summed E-state index contributed by atoms with van der Waals surface area (Å²) in [6.45, 7) is 0. The van der Waals surface area contributed by atoms with Gasteiger partial charge in [-0.25, -0.2) is 15.0 Å². The van der Waals surface area contributed by atoms with Crippen LogP contribution in [-0.4, -0.2) is 24.1 Å². The molecule has 69 heavy (non-hydrogen) atoms. The summed E-state index contributed by atoms with van der Waals surface area (Å²) >= 11 is 0. The first-order valence-corrected chi connectivity index (χ1v) is 23.3. The van der Waals surface area contributed by atoms with E-state index in [2.05, 4.69) is 203 Å². The summed E-state index contributed by atoms with van der Waals surface area (Å²) in [4.78, 5) is 15.8. The van der Waals surface area contributed by atoms with Crippen molar-refractivity contribution in [3.63, 3.8) is 0 Å². The van der Waals surface area contributed by atoms with Gasteiger partial charge in [-0.2, -0.15) is 0 Å². The summed E-state index contributed by atoms with van der Waals surface area (Å²) in [7, 11) is 0. The van der Waals surface area contributed by atoms with Gasteiger partial charge in [0.05, 0.1) is 27.8 Å². The number of hydrogen-bond acceptors (Lipinski definition) is 4. The number of hydrogen-bond donors (Lipinski definition) is 0. The van der Waals surface area contributed by atoms with Crippen molar-refractivity contribution in [3.8, 4) is 67.8 Å². The van der Waals surface area contributed by atoms with E-state index in [1.807, 2.05) is 42.5 Å². The molecule has 0 radical (unpaired) electrons. The van der Waals surface area contributed by atoms with Crippen LogP contribution in [0.1, 0.15) is 0 Å². The van der Waals surface area contributed by atoms with Crippen LogP contribution in [0, 0.1) is 0 Å². The van der Waals surface area contributed by atoms with Crippen LogP contribution in [-0.2, 0) is 0 Å². The molecule has 0 N–H and O–H groups in total. The van der Waals surface area contributed by atoms with Gasteiger partial charge < -0.3 is 13.6 Å².